The molecule has 35 heavy (non-hydrogen) atoms. The van der Waals surface area contributed by atoms with Crippen molar-refractivity contribution in [2.24, 2.45) is 0 Å². The van der Waals surface area contributed by atoms with Gasteiger partial charge in [0.1, 0.15) is 11.8 Å². The predicted molar refractivity (Wildman–Crippen MR) is 138 cm³/mol. The summed E-state index contributed by atoms with van der Waals surface area (Å²) in [5.74, 6) is -0.149. The number of anilines is 1. The van der Waals surface area contributed by atoms with Crippen molar-refractivity contribution in [2.45, 2.75) is 29.8 Å². The zero-order valence-corrected chi connectivity index (χ0v) is 21.0. The molecule has 1 fully saturated rings. The molecule has 3 heterocycles. The molecule has 0 saturated carbocycles. The molecule has 3 amide bonds. The van der Waals surface area contributed by atoms with E-state index in [4.69, 9.17) is 4.74 Å². The standard InChI is InChI=1S/C26H25N3O4S2/c1-33-23-13-18(34-2)4-5-19(23)24(30)27-17-7-9-29-22(12-17)25(31)28-21-6-3-15(11-20(21)26(29)32)16-8-10-35-14-16/h3-6,8,10-11,13-14,17,22H,7,9,12H2,1-2H3,(H,27,30)(H,28,31)/t17-,22+/m1/s1. The van der Waals surface area contributed by atoms with E-state index in [9.17, 15) is 14.4 Å². The summed E-state index contributed by atoms with van der Waals surface area (Å²) in [5, 5.41) is 9.99. The molecule has 9 heteroatoms. The van der Waals surface area contributed by atoms with Crippen molar-refractivity contribution in [3.63, 3.8) is 0 Å². The van der Waals surface area contributed by atoms with Gasteiger partial charge in [0.15, 0.2) is 0 Å². The Kier molecular flexibility index (Phi) is 6.53. The number of nitrogens with zero attached hydrogens (tertiary/aromatic N) is 1. The fourth-order valence-electron chi connectivity index (χ4n) is 4.65. The molecule has 180 valence electrons. The highest BCUT2D eigenvalue weighted by Gasteiger charge is 2.40. The quantitative estimate of drug-likeness (QED) is 0.497. The molecule has 0 radical (unpaired) electrons. The van der Waals surface area contributed by atoms with E-state index >= 15 is 0 Å². The van der Waals surface area contributed by atoms with Gasteiger partial charge in [0, 0.05) is 17.5 Å². The lowest BCUT2D eigenvalue weighted by atomic mass is 9.95. The number of amides is 3. The van der Waals surface area contributed by atoms with Crippen LogP contribution in [0, 0.1) is 0 Å². The summed E-state index contributed by atoms with van der Waals surface area (Å²) in [7, 11) is 1.54. The van der Waals surface area contributed by atoms with E-state index in [1.807, 2.05) is 47.3 Å². The number of benzene rings is 2. The Labute approximate surface area is 211 Å². The smallest absolute Gasteiger partial charge is 0.256 e. The highest BCUT2D eigenvalue weighted by Crippen LogP contribution is 2.33. The molecule has 1 aromatic heterocycles. The number of carbonyl (C=O) groups excluding carboxylic acids is 3. The number of hydrogen-bond donors (Lipinski definition) is 2. The highest BCUT2D eigenvalue weighted by molar-refractivity contribution is 7.98. The second-order valence-corrected chi connectivity index (χ2v) is 10.2. The van der Waals surface area contributed by atoms with Crippen LogP contribution in [0.3, 0.4) is 0 Å². The minimum atomic E-state index is -0.653. The SMILES string of the molecule is COc1cc(SC)ccc1C(=O)N[C@@H]1CCN2C(=O)c3cc(-c4ccsc4)ccc3NC(=O)[C@@H]2C1. The number of rotatable bonds is 5. The molecule has 2 atom stereocenters. The molecule has 2 aromatic carbocycles. The minimum Gasteiger partial charge on any atom is -0.496 e. The van der Waals surface area contributed by atoms with Crippen molar-refractivity contribution in [1.29, 1.82) is 0 Å². The Morgan fingerprint density at radius 1 is 1.17 bits per heavy atom. The normalized spacial score (nSPS) is 19.3. The zero-order valence-electron chi connectivity index (χ0n) is 19.4. The molecule has 1 saturated heterocycles. The molecule has 2 N–H and O–H groups in total. The average Bonchev–Trinajstić information content (AvgIpc) is 3.40. The van der Waals surface area contributed by atoms with E-state index in [0.717, 1.165) is 16.0 Å². The molecule has 0 bridgehead atoms. The van der Waals surface area contributed by atoms with E-state index in [1.54, 1.807) is 40.1 Å². The predicted octanol–water partition coefficient (Wildman–Crippen LogP) is 4.50. The van der Waals surface area contributed by atoms with E-state index in [-0.39, 0.29) is 23.8 Å². The average molecular weight is 508 g/mol. The van der Waals surface area contributed by atoms with Crippen molar-refractivity contribution in [2.75, 3.05) is 25.2 Å². The molecule has 3 aromatic rings. The van der Waals surface area contributed by atoms with Crippen LogP contribution >= 0.6 is 23.1 Å². The summed E-state index contributed by atoms with van der Waals surface area (Å²) in [5.41, 5.74) is 3.44. The molecule has 0 spiro atoms. The van der Waals surface area contributed by atoms with Gasteiger partial charge >= 0.3 is 0 Å². The van der Waals surface area contributed by atoms with E-state index in [0.29, 0.717) is 42.0 Å². The van der Waals surface area contributed by atoms with Crippen molar-refractivity contribution in [3.05, 3.63) is 64.4 Å². The summed E-state index contributed by atoms with van der Waals surface area (Å²) in [6.45, 7) is 0.381. The van der Waals surface area contributed by atoms with Crippen LogP contribution in [0.1, 0.15) is 33.6 Å². The third-order valence-electron chi connectivity index (χ3n) is 6.52. The van der Waals surface area contributed by atoms with Crippen molar-refractivity contribution in [1.82, 2.24) is 10.2 Å². The van der Waals surface area contributed by atoms with Crippen molar-refractivity contribution in [3.8, 4) is 16.9 Å². The number of fused-ring (bicyclic) bond motifs is 2. The first-order valence-corrected chi connectivity index (χ1v) is 13.5. The van der Waals surface area contributed by atoms with Crippen LogP contribution in [0.15, 0.2) is 58.1 Å². The molecule has 2 aliphatic rings. The van der Waals surface area contributed by atoms with Gasteiger partial charge in [-0.1, -0.05) is 6.07 Å². The van der Waals surface area contributed by atoms with Gasteiger partial charge in [-0.2, -0.15) is 11.3 Å². The largest absolute Gasteiger partial charge is 0.496 e. The Balaban J connectivity index is 1.34. The first-order chi connectivity index (χ1) is 17.0. The number of hydrogen-bond acceptors (Lipinski definition) is 6. The third-order valence-corrected chi connectivity index (χ3v) is 7.93. The van der Waals surface area contributed by atoms with Crippen molar-refractivity contribution < 1.29 is 19.1 Å². The van der Waals surface area contributed by atoms with Gasteiger partial charge in [0.2, 0.25) is 5.91 Å². The fourth-order valence-corrected chi connectivity index (χ4v) is 5.74. The second-order valence-electron chi connectivity index (χ2n) is 8.54. The lowest BCUT2D eigenvalue weighted by Gasteiger charge is -2.37. The van der Waals surface area contributed by atoms with Gasteiger partial charge < -0.3 is 20.3 Å². The highest BCUT2D eigenvalue weighted by atomic mass is 32.2. The van der Waals surface area contributed by atoms with Crippen molar-refractivity contribution >= 4 is 46.5 Å². The first kappa shape index (κ1) is 23.4. The van der Waals surface area contributed by atoms with Crippen LogP contribution in [0.5, 0.6) is 5.75 Å². The molecule has 0 unspecified atom stereocenters. The van der Waals surface area contributed by atoms with E-state index in [2.05, 4.69) is 10.6 Å². The van der Waals surface area contributed by atoms with Gasteiger partial charge in [-0.25, -0.2) is 0 Å². The van der Waals surface area contributed by atoms with E-state index in [1.165, 1.54) is 7.11 Å². The summed E-state index contributed by atoms with van der Waals surface area (Å²) in [6, 6.07) is 12.1. The third kappa shape index (κ3) is 4.53. The van der Waals surface area contributed by atoms with Gasteiger partial charge in [0.05, 0.1) is 23.9 Å². The number of thiophene rings is 1. The minimum absolute atomic E-state index is 0.167. The maximum absolute atomic E-state index is 13.5. The summed E-state index contributed by atoms with van der Waals surface area (Å²) < 4.78 is 5.41. The Morgan fingerprint density at radius 3 is 2.77 bits per heavy atom. The first-order valence-electron chi connectivity index (χ1n) is 11.3. The van der Waals surface area contributed by atoms with Crippen LogP contribution in [0.4, 0.5) is 5.69 Å². The number of thioether (sulfide) groups is 1. The van der Waals surface area contributed by atoms with Gasteiger partial charge in [-0.15, -0.1) is 11.8 Å². The number of methoxy groups -OCH3 is 1. The Morgan fingerprint density at radius 2 is 2.03 bits per heavy atom. The van der Waals surface area contributed by atoms with Crippen LogP contribution in [-0.2, 0) is 4.79 Å². The molecular formula is C26H25N3O4S2. The lowest BCUT2D eigenvalue weighted by molar-refractivity contribution is -0.121. The Hall–Kier alpha value is -3.30. The molecule has 0 aliphatic carbocycles. The maximum atomic E-state index is 13.5. The monoisotopic (exact) mass is 507 g/mol. The second kappa shape index (κ2) is 9.75. The number of ether oxygens (including phenoxy) is 1. The van der Waals surface area contributed by atoms with Crippen LogP contribution < -0.4 is 15.4 Å². The Bertz CT molecular complexity index is 1290. The summed E-state index contributed by atoms with van der Waals surface area (Å²) in [4.78, 5) is 42.2. The number of nitrogens with one attached hydrogen (secondary N) is 2. The molecule has 7 nitrogen and oxygen atoms in total. The molecule has 2 aliphatic heterocycles. The van der Waals surface area contributed by atoms with Gasteiger partial charge in [-0.3, -0.25) is 14.4 Å². The summed E-state index contributed by atoms with van der Waals surface area (Å²) in [6.07, 6.45) is 2.87. The summed E-state index contributed by atoms with van der Waals surface area (Å²) >= 11 is 3.17. The zero-order chi connectivity index (χ0) is 24.5. The van der Waals surface area contributed by atoms with E-state index < -0.39 is 6.04 Å². The van der Waals surface area contributed by atoms with Crippen LogP contribution in [-0.4, -0.2) is 54.6 Å². The fraction of sp³-hybridized carbons (Fsp3) is 0.269. The lowest BCUT2D eigenvalue weighted by Crippen LogP contribution is -2.55. The van der Waals surface area contributed by atoms with Crippen LogP contribution in [0.2, 0.25) is 0 Å². The topological polar surface area (TPSA) is 87.7 Å². The molecule has 5 rings (SSSR count). The number of piperidine rings is 1. The van der Waals surface area contributed by atoms with Crippen LogP contribution in [0.25, 0.3) is 11.1 Å². The van der Waals surface area contributed by atoms with Gasteiger partial charge in [-0.05, 0) is 77.4 Å². The van der Waals surface area contributed by atoms with Gasteiger partial charge in [0.25, 0.3) is 11.8 Å². The number of carbonyl (C=O) groups is 3. The maximum Gasteiger partial charge on any atom is 0.256 e. The molecular weight excluding hydrogens is 482 g/mol.